The van der Waals surface area contributed by atoms with Crippen molar-refractivity contribution in [3.8, 4) is 5.75 Å². The van der Waals surface area contributed by atoms with Gasteiger partial charge in [0.05, 0.1) is 12.6 Å². The number of benzene rings is 2. The predicted octanol–water partition coefficient (Wildman–Crippen LogP) is 4.36. The van der Waals surface area contributed by atoms with Crippen LogP contribution in [-0.4, -0.2) is 43.2 Å². The highest BCUT2D eigenvalue weighted by Crippen LogP contribution is 2.28. The SMILES string of the molecule is COc1ccc(CN2CCN(c3ccnc4cc(Cl)ccc34)CC2)cc1F. The van der Waals surface area contributed by atoms with E-state index in [2.05, 4.69) is 20.9 Å². The molecule has 2 heterocycles. The second-order valence-corrected chi connectivity index (χ2v) is 7.16. The molecular formula is C21H21ClFN3O. The Hall–Kier alpha value is -2.37. The normalized spacial score (nSPS) is 15.3. The molecule has 1 fully saturated rings. The minimum Gasteiger partial charge on any atom is -0.494 e. The summed E-state index contributed by atoms with van der Waals surface area (Å²) in [6.07, 6.45) is 1.83. The molecule has 4 nitrogen and oxygen atoms in total. The highest BCUT2D eigenvalue weighted by molar-refractivity contribution is 6.31. The number of hydrogen-bond acceptors (Lipinski definition) is 4. The molecule has 6 heteroatoms. The first kappa shape index (κ1) is 18.0. The van der Waals surface area contributed by atoms with Gasteiger partial charge in [-0.15, -0.1) is 0 Å². The molecule has 1 aliphatic heterocycles. The Balaban J connectivity index is 1.44. The Morgan fingerprint density at radius 3 is 2.63 bits per heavy atom. The summed E-state index contributed by atoms with van der Waals surface area (Å²) in [6.45, 7) is 4.41. The maximum absolute atomic E-state index is 13.9. The van der Waals surface area contributed by atoms with Gasteiger partial charge in [-0.2, -0.15) is 0 Å². The van der Waals surface area contributed by atoms with E-state index in [0.29, 0.717) is 5.02 Å². The number of piperazine rings is 1. The zero-order valence-corrected chi connectivity index (χ0v) is 15.9. The highest BCUT2D eigenvalue weighted by Gasteiger charge is 2.19. The van der Waals surface area contributed by atoms with Crippen molar-refractivity contribution in [2.24, 2.45) is 0 Å². The van der Waals surface area contributed by atoms with E-state index in [1.54, 1.807) is 12.1 Å². The molecule has 0 unspecified atom stereocenters. The third-order valence-corrected chi connectivity index (χ3v) is 5.25. The average Bonchev–Trinajstić information content (AvgIpc) is 2.68. The summed E-state index contributed by atoms with van der Waals surface area (Å²) in [5, 5.41) is 1.82. The van der Waals surface area contributed by atoms with Crippen LogP contribution in [0.25, 0.3) is 10.9 Å². The van der Waals surface area contributed by atoms with Crippen LogP contribution in [0, 0.1) is 5.82 Å². The first-order chi connectivity index (χ1) is 13.1. The number of hydrogen-bond donors (Lipinski definition) is 0. The van der Waals surface area contributed by atoms with Gasteiger partial charge in [0.1, 0.15) is 0 Å². The molecule has 27 heavy (non-hydrogen) atoms. The lowest BCUT2D eigenvalue weighted by Gasteiger charge is -2.36. The summed E-state index contributed by atoms with van der Waals surface area (Å²) in [5.41, 5.74) is 3.06. The summed E-state index contributed by atoms with van der Waals surface area (Å²) in [6, 6.07) is 13.1. The zero-order chi connectivity index (χ0) is 18.8. The average molecular weight is 386 g/mol. The lowest BCUT2D eigenvalue weighted by molar-refractivity contribution is 0.249. The van der Waals surface area contributed by atoms with Crippen LogP contribution in [0.15, 0.2) is 48.7 Å². The Bertz CT molecular complexity index is 957. The van der Waals surface area contributed by atoms with Gasteiger partial charge in [-0.25, -0.2) is 4.39 Å². The molecule has 0 bridgehead atoms. The van der Waals surface area contributed by atoms with Gasteiger partial charge in [-0.3, -0.25) is 9.88 Å². The highest BCUT2D eigenvalue weighted by atomic mass is 35.5. The monoisotopic (exact) mass is 385 g/mol. The fraction of sp³-hybridized carbons (Fsp3) is 0.286. The van der Waals surface area contributed by atoms with Crippen molar-refractivity contribution in [2.75, 3.05) is 38.2 Å². The summed E-state index contributed by atoms with van der Waals surface area (Å²) in [5.74, 6) is -0.0243. The number of rotatable bonds is 4. The zero-order valence-electron chi connectivity index (χ0n) is 15.2. The number of aromatic nitrogens is 1. The number of nitrogens with zero attached hydrogens (tertiary/aromatic N) is 3. The molecule has 0 saturated carbocycles. The van der Waals surface area contributed by atoms with Crippen molar-refractivity contribution in [3.05, 3.63) is 65.1 Å². The maximum Gasteiger partial charge on any atom is 0.165 e. The fourth-order valence-electron chi connectivity index (χ4n) is 3.60. The minimum atomic E-state index is -0.310. The van der Waals surface area contributed by atoms with Gasteiger partial charge in [0.25, 0.3) is 0 Å². The molecule has 3 aromatic rings. The van der Waals surface area contributed by atoms with E-state index in [0.717, 1.165) is 49.2 Å². The molecule has 140 valence electrons. The van der Waals surface area contributed by atoms with Crippen molar-refractivity contribution in [3.63, 3.8) is 0 Å². The molecule has 4 rings (SSSR count). The number of halogens is 2. The molecule has 0 radical (unpaired) electrons. The largest absolute Gasteiger partial charge is 0.494 e. The van der Waals surface area contributed by atoms with Crippen LogP contribution in [0.1, 0.15) is 5.56 Å². The predicted molar refractivity (Wildman–Crippen MR) is 107 cm³/mol. The quantitative estimate of drug-likeness (QED) is 0.667. The van der Waals surface area contributed by atoms with Crippen molar-refractivity contribution in [2.45, 2.75) is 6.54 Å². The first-order valence-corrected chi connectivity index (χ1v) is 9.36. The molecule has 0 N–H and O–H groups in total. The second kappa shape index (κ2) is 7.71. The van der Waals surface area contributed by atoms with Crippen LogP contribution in [-0.2, 0) is 6.54 Å². The van der Waals surface area contributed by atoms with Gasteiger partial charge in [0.15, 0.2) is 11.6 Å². The lowest BCUT2D eigenvalue weighted by atomic mass is 10.1. The van der Waals surface area contributed by atoms with Gasteiger partial charge in [-0.1, -0.05) is 17.7 Å². The second-order valence-electron chi connectivity index (χ2n) is 6.72. The lowest BCUT2D eigenvalue weighted by Crippen LogP contribution is -2.46. The van der Waals surface area contributed by atoms with E-state index in [9.17, 15) is 4.39 Å². The van der Waals surface area contributed by atoms with Crippen LogP contribution in [0.5, 0.6) is 5.75 Å². The standard InChI is InChI=1S/C21H21ClFN3O/c1-27-21-5-2-15(12-18(21)23)14-25-8-10-26(11-9-25)20-6-7-24-19-13-16(22)3-4-17(19)20/h2-7,12-13H,8-11,14H2,1H3. The topological polar surface area (TPSA) is 28.6 Å². The Morgan fingerprint density at radius 1 is 1.07 bits per heavy atom. The molecule has 0 atom stereocenters. The van der Waals surface area contributed by atoms with E-state index in [1.807, 2.05) is 30.5 Å². The third kappa shape index (κ3) is 3.84. The summed E-state index contributed by atoms with van der Waals surface area (Å²) >= 11 is 6.09. The van der Waals surface area contributed by atoms with Gasteiger partial charge in [0.2, 0.25) is 0 Å². The van der Waals surface area contributed by atoms with Gasteiger partial charge in [0, 0.05) is 55.0 Å². The van der Waals surface area contributed by atoms with E-state index in [1.165, 1.54) is 12.8 Å². The van der Waals surface area contributed by atoms with Crippen molar-refractivity contribution in [1.29, 1.82) is 0 Å². The van der Waals surface area contributed by atoms with E-state index >= 15 is 0 Å². The van der Waals surface area contributed by atoms with Crippen molar-refractivity contribution < 1.29 is 9.13 Å². The van der Waals surface area contributed by atoms with Crippen molar-refractivity contribution in [1.82, 2.24) is 9.88 Å². The third-order valence-electron chi connectivity index (χ3n) is 5.02. The molecule has 1 aliphatic rings. The Kier molecular flexibility index (Phi) is 5.14. The molecule has 0 aliphatic carbocycles. The van der Waals surface area contributed by atoms with Gasteiger partial charge >= 0.3 is 0 Å². The molecule has 0 spiro atoms. The van der Waals surface area contributed by atoms with Crippen molar-refractivity contribution >= 4 is 28.2 Å². The number of pyridine rings is 1. The molecule has 0 amide bonds. The molecular weight excluding hydrogens is 365 g/mol. The first-order valence-electron chi connectivity index (χ1n) is 8.98. The fourth-order valence-corrected chi connectivity index (χ4v) is 3.76. The molecule has 1 aromatic heterocycles. The Morgan fingerprint density at radius 2 is 1.89 bits per heavy atom. The van der Waals surface area contributed by atoms with E-state index in [-0.39, 0.29) is 11.6 Å². The van der Waals surface area contributed by atoms with Crippen LogP contribution < -0.4 is 9.64 Å². The summed E-state index contributed by atoms with van der Waals surface area (Å²) in [7, 11) is 1.48. The van der Waals surface area contributed by atoms with E-state index in [4.69, 9.17) is 16.3 Å². The number of methoxy groups -OCH3 is 1. The van der Waals surface area contributed by atoms with Crippen LogP contribution in [0.3, 0.4) is 0 Å². The van der Waals surface area contributed by atoms with Gasteiger partial charge in [-0.05, 0) is 42.0 Å². The van der Waals surface area contributed by atoms with Crippen LogP contribution >= 0.6 is 11.6 Å². The van der Waals surface area contributed by atoms with Crippen LogP contribution in [0.4, 0.5) is 10.1 Å². The minimum absolute atomic E-state index is 0.285. The molecule has 2 aromatic carbocycles. The Labute approximate surface area is 163 Å². The summed E-state index contributed by atoms with van der Waals surface area (Å²) in [4.78, 5) is 9.15. The molecule has 1 saturated heterocycles. The number of ether oxygens (including phenoxy) is 1. The number of anilines is 1. The van der Waals surface area contributed by atoms with E-state index < -0.39 is 0 Å². The van der Waals surface area contributed by atoms with Crippen LogP contribution in [0.2, 0.25) is 5.02 Å². The van der Waals surface area contributed by atoms with Gasteiger partial charge < -0.3 is 9.64 Å². The number of fused-ring (bicyclic) bond motifs is 1. The smallest absolute Gasteiger partial charge is 0.165 e. The maximum atomic E-state index is 13.9. The summed E-state index contributed by atoms with van der Waals surface area (Å²) < 4.78 is 18.9.